The molecule has 1 amide bonds. The van der Waals surface area contributed by atoms with Gasteiger partial charge in [-0.25, -0.2) is 0 Å². The van der Waals surface area contributed by atoms with Gasteiger partial charge in [0.1, 0.15) is 0 Å². The molecule has 6 nitrogen and oxygen atoms in total. The van der Waals surface area contributed by atoms with Crippen LogP contribution in [0.2, 0.25) is 0 Å². The molecule has 1 rings (SSSR count). The van der Waals surface area contributed by atoms with Crippen LogP contribution in [0.15, 0.2) is 24.3 Å². The zero-order valence-corrected chi connectivity index (χ0v) is 12.4. The van der Waals surface area contributed by atoms with Crippen LogP contribution in [0.4, 0.5) is 5.69 Å². The Morgan fingerprint density at radius 3 is 2.57 bits per heavy atom. The van der Waals surface area contributed by atoms with Crippen molar-refractivity contribution in [3.8, 4) is 0 Å². The summed E-state index contributed by atoms with van der Waals surface area (Å²) in [6, 6.07) is 7.43. The number of anilines is 1. The van der Waals surface area contributed by atoms with Gasteiger partial charge in [0.15, 0.2) is 0 Å². The number of carboxylic acids is 1. The minimum absolute atomic E-state index is 0.0481. The highest BCUT2D eigenvalue weighted by molar-refractivity contribution is 5.92. The van der Waals surface area contributed by atoms with E-state index >= 15 is 0 Å². The van der Waals surface area contributed by atoms with E-state index in [2.05, 4.69) is 5.32 Å². The molecular formula is C15H22N2O4. The van der Waals surface area contributed by atoms with Crippen molar-refractivity contribution in [3.05, 3.63) is 29.8 Å². The molecule has 1 atom stereocenters. The standard InChI is InChI=1S/C15H22N2O4/c1-11-5-3-4-6-13(11)16-14(19)10-17(9-12(2)18)8-7-15(20)21/h3-6,12,18H,7-10H2,1-2H3,(H,16,19)(H,20,21). The summed E-state index contributed by atoms with van der Waals surface area (Å²) in [6.45, 7) is 4.03. The van der Waals surface area contributed by atoms with E-state index in [9.17, 15) is 14.7 Å². The topological polar surface area (TPSA) is 89.9 Å². The molecule has 0 radical (unpaired) electrons. The molecular weight excluding hydrogens is 272 g/mol. The number of rotatable bonds is 8. The van der Waals surface area contributed by atoms with Crippen LogP contribution in [0.3, 0.4) is 0 Å². The van der Waals surface area contributed by atoms with Crippen molar-refractivity contribution in [3.63, 3.8) is 0 Å². The Balaban J connectivity index is 2.58. The first-order chi connectivity index (χ1) is 9.88. The van der Waals surface area contributed by atoms with Gasteiger partial charge in [0.25, 0.3) is 0 Å². The number of aryl methyl sites for hydroxylation is 1. The van der Waals surface area contributed by atoms with Crippen LogP contribution in [0.25, 0.3) is 0 Å². The Labute approximate surface area is 124 Å². The molecule has 0 aliphatic carbocycles. The lowest BCUT2D eigenvalue weighted by Crippen LogP contribution is -2.39. The van der Waals surface area contributed by atoms with Crippen molar-refractivity contribution in [2.75, 3.05) is 25.0 Å². The van der Waals surface area contributed by atoms with E-state index in [1.54, 1.807) is 11.8 Å². The molecule has 6 heteroatoms. The van der Waals surface area contributed by atoms with E-state index in [-0.39, 0.29) is 32.0 Å². The molecule has 0 aliphatic rings. The third-order valence-electron chi connectivity index (χ3n) is 2.95. The van der Waals surface area contributed by atoms with E-state index < -0.39 is 12.1 Å². The van der Waals surface area contributed by atoms with Crippen molar-refractivity contribution in [1.82, 2.24) is 4.90 Å². The molecule has 0 fully saturated rings. The second kappa shape index (κ2) is 8.39. The van der Waals surface area contributed by atoms with Crippen LogP contribution in [0.5, 0.6) is 0 Å². The minimum Gasteiger partial charge on any atom is -0.481 e. The molecule has 0 aliphatic heterocycles. The van der Waals surface area contributed by atoms with Gasteiger partial charge in [0.05, 0.1) is 19.1 Å². The smallest absolute Gasteiger partial charge is 0.304 e. The highest BCUT2D eigenvalue weighted by Crippen LogP contribution is 2.13. The van der Waals surface area contributed by atoms with Gasteiger partial charge in [-0.2, -0.15) is 0 Å². The van der Waals surface area contributed by atoms with Gasteiger partial charge in [-0.3, -0.25) is 14.5 Å². The second-order valence-corrected chi connectivity index (χ2v) is 5.09. The molecule has 0 heterocycles. The number of aliphatic hydroxyl groups excluding tert-OH is 1. The van der Waals surface area contributed by atoms with E-state index in [1.807, 2.05) is 31.2 Å². The van der Waals surface area contributed by atoms with Crippen LogP contribution in [-0.4, -0.2) is 52.7 Å². The van der Waals surface area contributed by atoms with Gasteiger partial charge in [-0.15, -0.1) is 0 Å². The zero-order chi connectivity index (χ0) is 15.8. The number of carbonyl (C=O) groups excluding carboxylic acids is 1. The summed E-state index contributed by atoms with van der Waals surface area (Å²) in [5, 5.41) is 20.9. The third kappa shape index (κ3) is 6.87. The largest absolute Gasteiger partial charge is 0.481 e. The number of hydrogen-bond acceptors (Lipinski definition) is 4. The number of carbonyl (C=O) groups is 2. The van der Waals surface area contributed by atoms with E-state index in [4.69, 9.17) is 5.11 Å². The quantitative estimate of drug-likeness (QED) is 0.668. The molecule has 1 aromatic carbocycles. The number of benzene rings is 1. The molecule has 0 bridgehead atoms. The predicted octanol–water partition coefficient (Wildman–Crippen LogP) is 1.09. The number of para-hydroxylation sites is 1. The molecule has 0 aromatic heterocycles. The Morgan fingerprint density at radius 1 is 1.33 bits per heavy atom. The first-order valence-electron chi connectivity index (χ1n) is 6.86. The minimum atomic E-state index is -0.926. The average molecular weight is 294 g/mol. The SMILES string of the molecule is Cc1ccccc1NC(=O)CN(CCC(=O)O)CC(C)O. The van der Waals surface area contributed by atoms with Crippen LogP contribution in [0, 0.1) is 6.92 Å². The summed E-state index contributed by atoms with van der Waals surface area (Å²) in [6.07, 6.45) is -0.685. The predicted molar refractivity (Wildman–Crippen MR) is 80.2 cm³/mol. The molecule has 116 valence electrons. The third-order valence-corrected chi connectivity index (χ3v) is 2.95. The Bertz CT molecular complexity index is 488. The van der Waals surface area contributed by atoms with Crippen LogP contribution < -0.4 is 5.32 Å². The fourth-order valence-electron chi connectivity index (χ4n) is 1.97. The highest BCUT2D eigenvalue weighted by atomic mass is 16.4. The van der Waals surface area contributed by atoms with Crippen molar-refractivity contribution >= 4 is 17.6 Å². The van der Waals surface area contributed by atoms with Gasteiger partial charge in [-0.05, 0) is 25.5 Å². The van der Waals surface area contributed by atoms with Gasteiger partial charge >= 0.3 is 5.97 Å². The van der Waals surface area contributed by atoms with Crippen LogP contribution in [0.1, 0.15) is 18.9 Å². The second-order valence-electron chi connectivity index (χ2n) is 5.09. The normalized spacial score (nSPS) is 12.2. The van der Waals surface area contributed by atoms with E-state index in [1.165, 1.54) is 0 Å². The molecule has 0 spiro atoms. The van der Waals surface area contributed by atoms with Crippen LogP contribution in [-0.2, 0) is 9.59 Å². The van der Waals surface area contributed by atoms with Gasteiger partial charge in [-0.1, -0.05) is 18.2 Å². The van der Waals surface area contributed by atoms with Crippen LogP contribution >= 0.6 is 0 Å². The Hall–Kier alpha value is -1.92. The summed E-state index contributed by atoms with van der Waals surface area (Å²) in [5.41, 5.74) is 1.69. The number of nitrogens with zero attached hydrogens (tertiary/aromatic N) is 1. The van der Waals surface area contributed by atoms with Crippen molar-refractivity contribution in [1.29, 1.82) is 0 Å². The lowest BCUT2D eigenvalue weighted by atomic mass is 10.2. The summed E-state index contributed by atoms with van der Waals surface area (Å²) in [7, 11) is 0. The molecule has 1 unspecified atom stereocenters. The maximum atomic E-state index is 12.0. The first-order valence-corrected chi connectivity index (χ1v) is 6.86. The van der Waals surface area contributed by atoms with Gasteiger partial charge in [0.2, 0.25) is 5.91 Å². The van der Waals surface area contributed by atoms with Crippen molar-refractivity contribution < 1.29 is 19.8 Å². The summed E-state index contributed by atoms with van der Waals surface area (Å²) >= 11 is 0. The Morgan fingerprint density at radius 2 is 2.00 bits per heavy atom. The fraction of sp³-hybridized carbons (Fsp3) is 0.467. The first kappa shape index (κ1) is 17.1. The lowest BCUT2D eigenvalue weighted by molar-refractivity contribution is -0.137. The number of aliphatic carboxylic acids is 1. The Kier molecular flexibility index (Phi) is 6.84. The number of nitrogens with one attached hydrogen (secondary N) is 1. The monoisotopic (exact) mass is 294 g/mol. The summed E-state index contributed by atoms with van der Waals surface area (Å²) in [5.74, 6) is -1.15. The van der Waals surface area contributed by atoms with E-state index in [0.717, 1.165) is 11.3 Å². The average Bonchev–Trinajstić information content (AvgIpc) is 2.38. The molecule has 0 saturated heterocycles. The fourth-order valence-corrected chi connectivity index (χ4v) is 1.97. The zero-order valence-electron chi connectivity index (χ0n) is 12.4. The maximum absolute atomic E-state index is 12.0. The molecule has 21 heavy (non-hydrogen) atoms. The molecule has 0 saturated carbocycles. The maximum Gasteiger partial charge on any atom is 0.304 e. The van der Waals surface area contributed by atoms with Gasteiger partial charge < -0.3 is 15.5 Å². The number of carboxylic acid groups (broad SMARTS) is 1. The van der Waals surface area contributed by atoms with Crippen molar-refractivity contribution in [2.45, 2.75) is 26.4 Å². The van der Waals surface area contributed by atoms with E-state index in [0.29, 0.717) is 0 Å². The van der Waals surface area contributed by atoms with Gasteiger partial charge in [0, 0.05) is 18.8 Å². The lowest BCUT2D eigenvalue weighted by Gasteiger charge is -2.22. The van der Waals surface area contributed by atoms with Crippen molar-refractivity contribution in [2.24, 2.45) is 0 Å². The highest BCUT2D eigenvalue weighted by Gasteiger charge is 2.14. The summed E-state index contributed by atoms with van der Waals surface area (Å²) in [4.78, 5) is 24.3. The number of amides is 1. The molecule has 3 N–H and O–H groups in total. The summed E-state index contributed by atoms with van der Waals surface area (Å²) < 4.78 is 0. The molecule has 1 aromatic rings. The number of aliphatic hydroxyl groups is 1. The number of hydrogen-bond donors (Lipinski definition) is 3.